The fraction of sp³-hybridized carbons (Fsp3) is 0.125. The smallest absolute Gasteiger partial charge is 0.274 e. The van der Waals surface area contributed by atoms with Crippen LogP contribution in [0.3, 0.4) is 0 Å². The van der Waals surface area contributed by atoms with Crippen LogP contribution in [0.25, 0.3) is 5.65 Å². The second-order valence-electron chi connectivity index (χ2n) is 5.27. The summed E-state index contributed by atoms with van der Waals surface area (Å²) < 4.78 is 12.2. The van der Waals surface area contributed by atoms with Crippen LogP contribution in [0.4, 0.5) is 5.69 Å². The predicted octanol–water partition coefficient (Wildman–Crippen LogP) is 3.93. The van der Waals surface area contributed by atoms with Gasteiger partial charge in [0.2, 0.25) is 6.79 Å². The second-order valence-corrected chi connectivity index (χ2v) is 6.11. The van der Waals surface area contributed by atoms with E-state index >= 15 is 0 Å². The van der Waals surface area contributed by atoms with Gasteiger partial charge in [-0.1, -0.05) is 23.2 Å². The van der Waals surface area contributed by atoms with Gasteiger partial charge in [-0.25, -0.2) is 4.98 Å². The zero-order valence-electron chi connectivity index (χ0n) is 12.5. The number of imidazole rings is 1. The van der Waals surface area contributed by atoms with Crippen molar-refractivity contribution in [2.75, 3.05) is 12.1 Å². The maximum Gasteiger partial charge on any atom is 0.274 e. The Morgan fingerprint density at radius 3 is 2.88 bits per heavy atom. The van der Waals surface area contributed by atoms with Gasteiger partial charge in [-0.15, -0.1) is 0 Å². The molecule has 0 saturated carbocycles. The molecule has 1 aromatic carbocycles. The van der Waals surface area contributed by atoms with E-state index in [1.807, 2.05) is 0 Å². The summed E-state index contributed by atoms with van der Waals surface area (Å²) in [6, 6.07) is 6.78. The van der Waals surface area contributed by atoms with Gasteiger partial charge in [0, 0.05) is 18.0 Å². The number of amides is 1. The highest BCUT2D eigenvalue weighted by molar-refractivity contribution is 6.36. The Bertz CT molecular complexity index is 984. The zero-order valence-corrected chi connectivity index (χ0v) is 14.0. The number of rotatable bonds is 2. The molecule has 0 radical (unpaired) electrons. The number of aromatic nitrogens is 2. The fourth-order valence-corrected chi connectivity index (χ4v) is 3.14. The van der Waals surface area contributed by atoms with E-state index in [1.165, 1.54) is 0 Å². The molecule has 1 aliphatic heterocycles. The summed E-state index contributed by atoms with van der Waals surface area (Å²) in [5, 5.41) is 3.63. The first-order valence-corrected chi connectivity index (χ1v) is 7.83. The van der Waals surface area contributed by atoms with Gasteiger partial charge in [-0.3, -0.25) is 9.20 Å². The Labute approximate surface area is 146 Å². The highest BCUT2D eigenvalue weighted by Crippen LogP contribution is 2.34. The number of pyridine rings is 1. The molecule has 122 valence electrons. The van der Waals surface area contributed by atoms with E-state index in [0.717, 1.165) is 0 Å². The van der Waals surface area contributed by atoms with E-state index in [9.17, 15) is 4.79 Å². The summed E-state index contributed by atoms with van der Waals surface area (Å²) in [5.74, 6) is 0.920. The summed E-state index contributed by atoms with van der Waals surface area (Å²) in [4.78, 5) is 17.0. The monoisotopic (exact) mass is 363 g/mol. The highest BCUT2D eigenvalue weighted by Gasteiger charge is 2.20. The van der Waals surface area contributed by atoms with Crippen LogP contribution in [0.5, 0.6) is 11.5 Å². The third-order valence-electron chi connectivity index (χ3n) is 3.66. The average molecular weight is 364 g/mol. The minimum atomic E-state index is -0.322. The number of hydrogen-bond acceptors (Lipinski definition) is 4. The van der Waals surface area contributed by atoms with Crippen molar-refractivity contribution >= 4 is 40.4 Å². The molecule has 2 aromatic heterocycles. The van der Waals surface area contributed by atoms with Crippen LogP contribution in [-0.2, 0) is 0 Å². The molecule has 3 aromatic rings. The van der Waals surface area contributed by atoms with Gasteiger partial charge >= 0.3 is 0 Å². The summed E-state index contributed by atoms with van der Waals surface area (Å²) in [7, 11) is 0. The van der Waals surface area contributed by atoms with Crippen LogP contribution in [0.15, 0.2) is 30.5 Å². The molecular formula is C16H11Cl2N3O3. The molecule has 1 N–H and O–H groups in total. The van der Waals surface area contributed by atoms with Crippen LogP contribution in [0, 0.1) is 6.92 Å². The van der Waals surface area contributed by atoms with Gasteiger partial charge in [0.1, 0.15) is 5.69 Å². The SMILES string of the molecule is Cc1nc2c(Cl)cc(Cl)cn2c1C(=O)Nc1ccc2c(c1)OCO2. The number of ether oxygens (including phenoxy) is 2. The van der Waals surface area contributed by atoms with Crippen molar-refractivity contribution in [1.29, 1.82) is 0 Å². The number of carbonyl (C=O) groups is 1. The van der Waals surface area contributed by atoms with Gasteiger partial charge < -0.3 is 14.8 Å². The van der Waals surface area contributed by atoms with Gasteiger partial charge in [-0.05, 0) is 25.1 Å². The topological polar surface area (TPSA) is 64.9 Å². The van der Waals surface area contributed by atoms with Crippen molar-refractivity contribution in [3.05, 3.63) is 51.9 Å². The van der Waals surface area contributed by atoms with Gasteiger partial charge in [0.05, 0.1) is 15.7 Å². The number of fused-ring (bicyclic) bond motifs is 2. The second kappa shape index (κ2) is 5.58. The van der Waals surface area contributed by atoms with E-state index in [2.05, 4.69) is 10.3 Å². The van der Waals surface area contributed by atoms with Crippen LogP contribution >= 0.6 is 23.2 Å². The highest BCUT2D eigenvalue weighted by atomic mass is 35.5. The summed E-state index contributed by atoms with van der Waals surface area (Å²) in [6.45, 7) is 1.92. The first kappa shape index (κ1) is 15.1. The Morgan fingerprint density at radius 2 is 2.04 bits per heavy atom. The summed E-state index contributed by atoms with van der Waals surface area (Å²) in [6.07, 6.45) is 1.61. The quantitative estimate of drug-likeness (QED) is 0.748. The molecule has 0 aliphatic carbocycles. The lowest BCUT2D eigenvalue weighted by Gasteiger charge is -2.07. The molecule has 8 heteroatoms. The number of hydrogen-bond donors (Lipinski definition) is 1. The lowest BCUT2D eigenvalue weighted by molar-refractivity contribution is 0.102. The van der Waals surface area contributed by atoms with Crippen molar-refractivity contribution in [3.8, 4) is 11.5 Å². The van der Waals surface area contributed by atoms with E-state index < -0.39 is 0 Å². The molecule has 24 heavy (non-hydrogen) atoms. The molecule has 0 atom stereocenters. The zero-order chi connectivity index (χ0) is 16.8. The number of nitrogens with zero attached hydrogens (tertiary/aromatic N) is 2. The molecule has 0 saturated heterocycles. The van der Waals surface area contributed by atoms with Crippen LogP contribution in [0.2, 0.25) is 10.0 Å². The molecule has 1 aliphatic rings. The Kier molecular flexibility index (Phi) is 3.51. The molecule has 6 nitrogen and oxygen atoms in total. The van der Waals surface area contributed by atoms with Gasteiger partial charge in [-0.2, -0.15) is 0 Å². The minimum Gasteiger partial charge on any atom is -0.454 e. The van der Waals surface area contributed by atoms with E-state index in [-0.39, 0.29) is 12.7 Å². The average Bonchev–Trinajstić information content (AvgIpc) is 3.10. The first-order valence-electron chi connectivity index (χ1n) is 7.07. The van der Waals surface area contributed by atoms with Crippen molar-refractivity contribution in [3.63, 3.8) is 0 Å². The first-order chi connectivity index (χ1) is 11.5. The van der Waals surface area contributed by atoms with Gasteiger partial charge in [0.15, 0.2) is 17.1 Å². The number of aryl methyl sites for hydroxylation is 1. The van der Waals surface area contributed by atoms with E-state index in [4.69, 9.17) is 32.7 Å². The van der Waals surface area contributed by atoms with E-state index in [0.29, 0.717) is 44.3 Å². The van der Waals surface area contributed by atoms with Crippen LogP contribution in [-0.4, -0.2) is 22.1 Å². The van der Waals surface area contributed by atoms with E-state index in [1.54, 1.807) is 41.8 Å². The number of nitrogens with one attached hydrogen (secondary N) is 1. The maximum absolute atomic E-state index is 12.7. The number of halogens is 2. The number of carbonyl (C=O) groups excluding carboxylic acids is 1. The van der Waals surface area contributed by atoms with Crippen molar-refractivity contribution in [2.45, 2.75) is 6.92 Å². The Morgan fingerprint density at radius 1 is 1.25 bits per heavy atom. The molecule has 0 unspecified atom stereocenters. The largest absolute Gasteiger partial charge is 0.454 e. The molecule has 4 rings (SSSR count). The third-order valence-corrected chi connectivity index (χ3v) is 4.15. The summed E-state index contributed by atoms with van der Waals surface area (Å²) >= 11 is 12.2. The molecule has 0 spiro atoms. The standard InChI is InChI=1S/C16H11Cl2N3O3/c1-8-14(21-6-9(17)4-11(18)15(21)19-8)16(22)20-10-2-3-12-13(5-10)24-7-23-12/h2-6H,7H2,1H3,(H,20,22). The predicted molar refractivity (Wildman–Crippen MR) is 90.5 cm³/mol. The Hall–Kier alpha value is -2.44. The molecule has 0 bridgehead atoms. The molecular weight excluding hydrogens is 353 g/mol. The third kappa shape index (κ3) is 2.44. The normalized spacial score (nSPS) is 12.6. The maximum atomic E-state index is 12.7. The van der Waals surface area contributed by atoms with Crippen molar-refractivity contribution in [2.24, 2.45) is 0 Å². The van der Waals surface area contributed by atoms with Crippen molar-refractivity contribution in [1.82, 2.24) is 9.38 Å². The summed E-state index contributed by atoms with van der Waals surface area (Å²) in [5.41, 5.74) is 1.99. The number of anilines is 1. The number of benzene rings is 1. The molecule has 0 fully saturated rings. The lowest BCUT2D eigenvalue weighted by Crippen LogP contribution is -2.15. The minimum absolute atomic E-state index is 0.177. The Balaban J connectivity index is 1.72. The molecule has 1 amide bonds. The lowest BCUT2D eigenvalue weighted by atomic mass is 10.2. The fourth-order valence-electron chi connectivity index (χ4n) is 2.62. The van der Waals surface area contributed by atoms with Crippen molar-refractivity contribution < 1.29 is 14.3 Å². The van der Waals surface area contributed by atoms with Crippen LogP contribution < -0.4 is 14.8 Å². The molecule has 3 heterocycles. The van der Waals surface area contributed by atoms with Gasteiger partial charge in [0.25, 0.3) is 5.91 Å². The van der Waals surface area contributed by atoms with Crippen LogP contribution in [0.1, 0.15) is 16.2 Å².